The van der Waals surface area contributed by atoms with Gasteiger partial charge in [-0.3, -0.25) is 4.79 Å². The second-order valence-electron chi connectivity index (χ2n) is 6.02. The summed E-state index contributed by atoms with van der Waals surface area (Å²) in [7, 11) is 0. The Morgan fingerprint density at radius 2 is 1.76 bits per heavy atom. The summed E-state index contributed by atoms with van der Waals surface area (Å²) >= 11 is 0. The van der Waals surface area contributed by atoms with Gasteiger partial charge >= 0.3 is 0 Å². The van der Waals surface area contributed by atoms with Crippen LogP contribution in [0.1, 0.15) is 24.0 Å². The van der Waals surface area contributed by atoms with Crippen molar-refractivity contribution in [3.63, 3.8) is 0 Å². The summed E-state index contributed by atoms with van der Waals surface area (Å²) in [6.07, 6.45) is 1.28. The first-order valence-corrected chi connectivity index (χ1v) is 8.37. The molecule has 0 saturated carbocycles. The Labute approximate surface area is 147 Å². The lowest BCUT2D eigenvalue weighted by atomic mass is 9.73. The van der Waals surface area contributed by atoms with Gasteiger partial charge < -0.3 is 10.1 Å². The number of hydrogen-bond acceptors (Lipinski definition) is 2. The zero-order chi connectivity index (χ0) is 17.5. The summed E-state index contributed by atoms with van der Waals surface area (Å²) in [6, 6.07) is 16.1. The smallest absolute Gasteiger partial charge is 0.231 e. The van der Waals surface area contributed by atoms with Gasteiger partial charge in [0.15, 0.2) is 0 Å². The minimum atomic E-state index is -0.584. The zero-order valence-corrected chi connectivity index (χ0v) is 13.9. The van der Waals surface area contributed by atoms with E-state index in [1.165, 1.54) is 6.07 Å². The van der Waals surface area contributed by atoms with Crippen LogP contribution in [-0.2, 0) is 14.9 Å². The van der Waals surface area contributed by atoms with E-state index in [0.29, 0.717) is 31.6 Å². The van der Waals surface area contributed by atoms with Crippen LogP contribution >= 0.6 is 0 Å². The van der Waals surface area contributed by atoms with E-state index in [9.17, 15) is 9.18 Å². The van der Waals surface area contributed by atoms with Gasteiger partial charge in [0, 0.05) is 13.2 Å². The van der Waals surface area contributed by atoms with Crippen molar-refractivity contribution < 1.29 is 13.9 Å². The van der Waals surface area contributed by atoms with Crippen molar-refractivity contribution in [2.75, 3.05) is 19.8 Å². The van der Waals surface area contributed by atoms with Gasteiger partial charge in [-0.2, -0.15) is 0 Å². The normalized spacial score (nSPS) is 15.7. The van der Waals surface area contributed by atoms with E-state index < -0.39 is 5.41 Å². The zero-order valence-electron chi connectivity index (χ0n) is 13.9. The molecule has 1 fully saturated rings. The van der Waals surface area contributed by atoms with Crippen LogP contribution in [0.2, 0.25) is 0 Å². The highest BCUT2D eigenvalue weighted by Crippen LogP contribution is 2.35. The number of benzene rings is 2. The lowest BCUT2D eigenvalue weighted by Crippen LogP contribution is -2.48. The Balaban J connectivity index is 1.71. The van der Waals surface area contributed by atoms with E-state index >= 15 is 0 Å². The first-order valence-electron chi connectivity index (χ1n) is 8.37. The van der Waals surface area contributed by atoms with Crippen LogP contribution in [0.4, 0.5) is 4.39 Å². The molecule has 1 aliphatic rings. The molecule has 0 radical (unpaired) electrons. The fourth-order valence-corrected chi connectivity index (χ4v) is 3.12. The third-order valence-corrected chi connectivity index (χ3v) is 4.54. The highest BCUT2D eigenvalue weighted by Gasteiger charge is 2.41. The van der Waals surface area contributed by atoms with Crippen LogP contribution in [0, 0.1) is 17.7 Å². The van der Waals surface area contributed by atoms with Gasteiger partial charge in [-0.1, -0.05) is 54.3 Å². The maximum absolute atomic E-state index is 13.5. The Hall–Kier alpha value is -2.64. The van der Waals surface area contributed by atoms with Crippen LogP contribution in [0.5, 0.6) is 0 Å². The molecule has 0 unspecified atom stereocenters. The van der Waals surface area contributed by atoms with Gasteiger partial charge in [0.25, 0.3) is 0 Å². The van der Waals surface area contributed by atoms with Crippen molar-refractivity contribution >= 4 is 5.91 Å². The molecule has 1 heterocycles. The topological polar surface area (TPSA) is 38.3 Å². The fourth-order valence-electron chi connectivity index (χ4n) is 3.12. The average Bonchev–Trinajstić information content (AvgIpc) is 2.67. The lowest BCUT2D eigenvalue weighted by Gasteiger charge is -2.36. The molecule has 25 heavy (non-hydrogen) atoms. The highest BCUT2D eigenvalue weighted by molar-refractivity contribution is 5.88. The van der Waals surface area contributed by atoms with Gasteiger partial charge in [-0.25, -0.2) is 4.39 Å². The summed E-state index contributed by atoms with van der Waals surface area (Å²) in [5.74, 6) is 5.18. The van der Waals surface area contributed by atoms with Crippen LogP contribution in [0.15, 0.2) is 54.6 Å². The molecule has 0 bridgehead atoms. The minimum absolute atomic E-state index is 0.0511. The molecule has 1 N–H and O–H groups in total. The van der Waals surface area contributed by atoms with E-state index in [0.717, 1.165) is 5.56 Å². The minimum Gasteiger partial charge on any atom is -0.381 e. The summed E-state index contributed by atoms with van der Waals surface area (Å²) in [5, 5.41) is 2.89. The number of carbonyl (C=O) groups is 1. The Morgan fingerprint density at radius 3 is 2.48 bits per heavy atom. The van der Waals surface area contributed by atoms with Crippen LogP contribution in [-0.4, -0.2) is 25.7 Å². The van der Waals surface area contributed by atoms with Crippen molar-refractivity contribution in [2.45, 2.75) is 18.3 Å². The van der Waals surface area contributed by atoms with Gasteiger partial charge in [0.05, 0.1) is 17.5 Å². The van der Waals surface area contributed by atoms with Gasteiger partial charge in [0.1, 0.15) is 5.82 Å². The number of ether oxygens (including phenoxy) is 1. The molecule has 0 atom stereocenters. The molecular formula is C21H20FNO2. The molecule has 0 aromatic heterocycles. The number of hydrogen-bond donors (Lipinski definition) is 1. The molecule has 128 valence electrons. The van der Waals surface area contributed by atoms with E-state index in [4.69, 9.17) is 4.74 Å². The quantitative estimate of drug-likeness (QED) is 0.875. The number of rotatable bonds is 3. The Kier molecular flexibility index (Phi) is 5.47. The molecule has 0 spiro atoms. The molecule has 1 aliphatic heterocycles. The molecule has 4 heteroatoms. The average molecular weight is 337 g/mol. The maximum Gasteiger partial charge on any atom is 0.231 e. The van der Waals surface area contributed by atoms with E-state index in [1.807, 2.05) is 30.3 Å². The van der Waals surface area contributed by atoms with Crippen LogP contribution in [0.3, 0.4) is 0 Å². The van der Waals surface area contributed by atoms with Crippen molar-refractivity contribution in [3.05, 3.63) is 71.5 Å². The number of amides is 1. The monoisotopic (exact) mass is 337 g/mol. The largest absolute Gasteiger partial charge is 0.381 e. The van der Waals surface area contributed by atoms with Crippen LogP contribution in [0.25, 0.3) is 0 Å². The molecule has 3 nitrogen and oxygen atoms in total. The van der Waals surface area contributed by atoms with E-state index in [2.05, 4.69) is 17.2 Å². The summed E-state index contributed by atoms with van der Waals surface area (Å²) in [6.45, 7) is 1.30. The number of nitrogens with one attached hydrogen (secondary N) is 1. The maximum atomic E-state index is 13.5. The van der Waals surface area contributed by atoms with Gasteiger partial charge in [-0.05, 0) is 30.5 Å². The van der Waals surface area contributed by atoms with E-state index in [-0.39, 0.29) is 18.3 Å². The van der Waals surface area contributed by atoms with Gasteiger partial charge in [0.2, 0.25) is 5.91 Å². The highest BCUT2D eigenvalue weighted by atomic mass is 19.1. The van der Waals surface area contributed by atoms with Gasteiger partial charge in [-0.15, -0.1) is 0 Å². The second kappa shape index (κ2) is 7.96. The first-order chi connectivity index (χ1) is 12.2. The summed E-state index contributed by atoms with van der Waals surface area (Å²) < 4.78 is 19.0. The van der Waals surface area contributed by atoms with Crippen LogP contribution < -0.4 is 5.32 Å². The fraction of sp³-hybridized carbons (Fsp3) is 0.286. The Morgan fingerprint density at radius 1 is 1.08 bits per heavy atom. The molecule has 0 aliphatic carbocycles. The first kappa shape index (κ1) is 17.2. The number of carbonyl (C=O) groups excluding carboxylic acids is 1. The molecule has 2 aromatic carbocycles. The van der Waals surface area contributed by atoms with Crippen molar-refractivity contribution in [1.29, 1.82) is 0 Å². The van der Waals surface area contributed by atoms with E-state index in [1.54, 1.807) is 18.2 Å². The standard InChI is InChI=1S/C21H20FNO2/c22-19-11-5-4-7-17(19)8-6-14-23-20(24)21(12-15-25-16-13-21)18-9-2-1-3-10-18/h1-5,7,9-11H,12-16H2,(H,23,24). The summed E-state index contributed by atoms with van der Waals surface area (Å²) in [5.41, 5.74) is 0.748. The SMILES string of the molecule is O=C(NCC#Cc1ccccc1F)C1(c2ccccc2)CCOCC1. The second-order valence-corrected chi connectivity index (χ2v) is 6.02. The lowest BCUT2D eigenvalue weighted by molar-refractivity contribution is -0.130. The molecule has 2 aromatic rings. The third-order valence-electron chi connectivity index (χ3n) is 4.54. The molecule has 1 amide bonds. The summed E-state index contributed by atoms with van der Waals surface area (Å²) in [4.78, 5) is 12.9. The molecule has 1 saturated heterocycles. The predicted molar refractivity (Wildman–Crippen MR) is 94.5 cm³/mol. The third kappa shape index (κ3) is 3.89. The Bertz CT molecular complexity index is 786. The predicted octanol–water partition coefficient (Wildman–Crippen LogP) is 3.04. The van der Waals surface area contributed by atoms with Crippen molar-refractivity contribution in [3.8, 4) is 11.8 Å². The van der Waals surface area contributed by atoms with Crippen molar-refractivity contribution in [2.24, 2.45) is 0 Å². The number of halogens is 1. The molecular weight excluding hydrogens is 317 g/mol. The molecule has 3 rings (SSSR count). The van der Waals surface area contributed by atoms with Crippen molar-refractivity contribution in [1.82, 2.24) is 5.32 Å².